The second-order valence-corrected chi connectivity index (χ2v) is 7.45. The van der Waals surface area contributed by atoms with Crippen molar-refractivity contribution >= 4 is 11.7 Å². The van der Waals surface area contributed by atoms with Gasteiger partial charge >= 0.3 is 0 Å². The second-order valence-electron chi connectivity index (χ2n) is 7.45. The van der Waals surface area contributed by atoms with Gasteiger partial charge in [-0.25, -0.2) is 4.98 Å². The van der Waals surface area contributed by atoms with E-state index in [1.807, 2.05) is 31.2 Å². The fraction of sp³-hybridized carbons (Fsp3) is 0.421. The highest BCUT2D eigenvalue weighted by atomic mass is 16.2. The molecule has 1 heterocycles. The number of hydrogen-bond donors (Lipinski definition) is 3. The number of rotatable bonds is 5. The van der Waals surface area contributed by atoms with E-state index in [0.29, 0.717) is 18.8 Å². The molecule has 6 nitrogen and oxygen atoms in total. The van der Waals surface area contributed by atoms with Crippen LogP contribution in [0.2, 0.25) is 0 Å². The molecule has 1 saturated carbocycles. The summed E-state index contributed by atoms with van der Waals surface area (Å²) in [5, 5.41) is 3.00. The van der Waals surface area contributed by atoms with Gasteiger partial charge in [0.05, 0.1) is 5.41 Å². The van der Waals surface area contributed by atoms with Crippen molar-refractivity contribution in [1.29, 1.82) is 0 Å². The maximum absolute atomic E-state index is 12.9. The van der Waals surface area contributed by atoms with Crippen molar-refractivity contribution < 1.29 is 4.79 Å². The number of amides is 1. The average molecular weight is 340 g/mol. The first-order chi connectivity index (χ1) is 11.7. The summed E-state index contributed by atoms with van der Waals surface area (Å²) in [5.74, 6) is 0.682. The SMILES string of the molecule is Cc1ccc([C@]2(C(=O)NCCc3nc(N)cc(=O)[nH]3)CC2(C)C)cc1. The number of aryl methyl sites for hydroxylation is 1. The number of nitrogen functional groups attached to an aromatic ring is 1. The van der Waals surface area contributed by atoms with E-state index in [0.717, 1.165) is 12.0 Å². The molecule has 0 unspecified atom stereocenters. The first-order valence-electron chi connectivity index (χ1n) is 8.46. The van der Waals surface area contributed by atoms with Crippen LogP contribution in [0.3, 0.4) is 0 Å². The minimum absolute atomic E-state index is 0.0209. The monoisotopic (exact) mass is 340 g/mol. The number of hydrogen-bond acceptors (Lipinski definition) is 4. The highest BCUT2D eigenvalue weighted by Crippen LogP contribution is 2.64. The Morgan fingerprint density at radius 3 is 2.52 bits per heavy atom. The molecule has 2 aromatic rings. The number of aromatic nitrogens is 2. The molecule has 1 aliphatic rings. The number of nitrogens with two attached hydrogens (primary N) is 1. The molecule has 1 aromatic heterocycles. The Kier molecular flexibility index (Phi) is 4.14. The van der Waals surface area contributed by atoms with Gasteiger partial charge in [-0.05, 0) is 24.3 Å². The lowest BCUT2D eigenvalue weighted by molar-refractivity contribution is -0.124. The van der Waals surface area contributed by atoms with Gasteiger partial charge in [0.15, 0.2) is 0 Å². The fourth-order valence-electron chi connectivity index (χ4n) is 3.56. The van der Waals surface area contributed by atoms with Crippen LogP contribution in [0.4, 0.5) is 5.82 Å². The maximum Gasteiger partial charge on any atom is 0.252 e. The highest BCUT2D eigenvalue weighted by molar-refractivity contribution is 5.93. The Hall–Kier alpha value is -2.63. The number of carbonyl (C=O) groups excluding carboxylic acids is 1. The van der Waals surface area contributed by atoms with Crippen molar-refractivity contribution in [3.8, 4) is 0 Å². The zero-order valence-electron chi connectivity index (χ0n) is 14.8. The van der Waals surface area contributed by atoms with Crippen molar-refractivity contribution in [1.82, 2.24) is 15.3 Å². The number of benzene rings is 1. The molecule has 1 atom stereocenters. The van der Waals surface area contributed by atoms with Gasteiger partial charge in [0, 0.05) is 19.0 Å². The number of nitrogens with zero attached hydrogens (tertiary/aromatic N) is 1. The standard InChI is InChI=1S/C19H24N4O2/c1-12-4-6-13(7-5-12)19(11-18(19,2)3)17(25)21-9-8-15-22-14(20)10-16(24)23-15/h4-7,10H,8-9,11H2,1-3H3,(H,21,25)(H3,20,22,23,24)/t19-/m0/s1. The summed E-state index contributed by atoms with van der Waals surface area (Å²) < 4.78 is 0. The zero-order chi connectivity index (χ0) is 18.2. The summed E-state index contributed by atoms with van der Waals surface area (Å²) in [5.41, 5.74) is 6.96. The summed E-state index contributed by atoms with van der Waals surface area (Å²) in [6, 6.07) is 9.41. The van der Waals surface area contributed by atoms with Crippen molar-refractivity contribution in [2.45, 2.75) is 39.0 Å². The summed E-state index contributed by atoms with van der Waals surface area (Å²) >= 11 is 0. The first kappa shape index (κ1) is 17.2. The molecule has 1 aromatic carbocycles. The lowest BCUT2D eigenvalue weighted by Gasteiger charge is -2.21. The molecule has 0 spiro atoms. The quantitative estimate of drug-likeness (QED) is 0.771. The number of anilines is 1. The van der Waals surface area contributed by atoms with E-state index >= 15 is 0 Å². The zero-order valence-corrected chi connectivity index (χ0v) is 14.8. The van der Waals surface area contributed by atoms with E-state index in [1.165, 1.54) is 11.6 Å². The Morgan fingerprint density at radius 1 is 1.32 bits per heavy atom. The van der Waals surface area contributed by atoms with Crippen LogP contribution in [0.25, 0.3) is 0 Å². The highest BCUT2D eigenvalue weighted by Gasteiger charge is 2.66. The molecule has 4 N–H and O–H groups in total. The van der Waals surface area contributed by atoms with Crippen LogP contribution in [-0.2, 0) is 16.6 Å². The van der Waals surface area contributed by atoms with Crippen molar-refractivity contribution in [2.75, 3.05) is 12.3 Å². The summed E-state index contributed by atoms with van der Waals surface area (Å²) in [7, 11) is 0. The lowest BCUT2D eigenvalue weighted by Crippen LogP contribution is -2.39. The van der Waals surface area contributed by atoms with Crippen LogP contribution < -0.4 is 16.6 Å². The Balaban J connectivity index is 1.70. The second kappa shape index (κ2) is 6.02. The number of nitrogens with one attached hydrogen (secondary N) is 2. The molecule has 0 radical (unpaired) electrons. The Bertz CT molecular complexity index is 854. The average Bonchev–Trinajstić information content (AvgIpc) is 3.11. The maximum atomic E-state index is 12.9. The van der Waals surface area contributed by atoms with Crippen LogP contribution in [0.1, 0.15) is 37.2 Å². The van der Waals surface area contributed by atoms with Crippen LogP contribution in [0.15, 0.2) is 35.1 Å². The van der Waals surface area contributed by atoms with Crippen molar-refractivity contribution in [2.24, 2.45) is 5.41 Å². The van der Waals surface area contributed by atoms with Gasteiger partial charge in [0.1, 0.15) is 11.6 Å². The lowest BCUT2D eigenvalue weighted by atomic mass is 9.86. The van der Waals surface area contributed by atoms with Gasteiger partial charge in [-0.1, -0.05) is 43.7 Å². The first-order valence-corrected chi connectivity index (χ1v) is 8.46. The number of H-pyrrole nitrogens is 1. The van der Waals surface area contributed by atoms with E-state index in [1.54, 1.807) is 0 Å². The smallest absolute Gasteiger partial charge is 0.252 e. The van der Waals surface area contributed by atoms with Gasteiger partial charge in [-0.2, -0.15) is 0 Å². The molecule has 1 fully saturated rings. The molecule has 3 rings (SSSR count). The van der Waals surface area contributed by atoms with E-state index < -0.39 is 5.41 Å². The normalized spacial score (nSPS) is 20.9. The van der Waals surface area contributed by atoms with Crippen LogP contribution in [0, 0.1) is 12.3 Å². The van der Waals surface area contributed by atoms with E-state index in [9.17, 15) is 9.59 Å². The van der Waals surface area contributed by atoms with Crippen LogP contribution in [0.5, 0.6) is 0 Å². The summed E-state index contributed by atoms with van der Waals surface area (Å²) in [6.45, 7) is 6.66. The minimum Gasteiger partial charge on any atom is -0.383 e. The molecule has 132 valence electrons. The van der Waals surface area contributed by atoms with Gasteiger partial charge in [-0.15, -0.1) is 0 Å². The number of carbonyl (C=O) groups is 1. The van der Waals surface area contributed by atoms with E-state index in [-0.39, 0.29) is 22.7 Å². The molecule has 0 aliphatic heterocycles. The molecule has 0 saturated heterocycles. The predicted molar refractivity (Wildman–Crippen MR) is 97.2 cm³/mol. The predicted octanol–water partition coefficient (Wildman–Crippen LogP) is 1.69. The van der Waals surface area contributed by atoms with Gasteiger partial charge < -0.3 is 16.0 Å². The molecule has 0 bridgehead atoms. The molecule has 25 heavy (non-hydrogen) atoms. The Morgan fingerprint density at radius 2 is 1.96 bits per heavy atom. The molecular formula is C19H24N4O2. The molecule has 1 amide bonds. The van der Waals surface area contributed by atoms with E-state index in [4.69, 9.17) is 5.73 Å². The molecule has 1 aliphatic carbocycles. The minimum atomic E-state index is -0.489. The Labute approximate surface area is 146 Å². The largest absolute Gasteiger partial charge is 0.383 e. The molecular weight excluding hydrogens is 316 g/mol. The third-order valence-corrected chi connectivity index (χ3v) is 5.13. The third kappa shape index (κ3) is 3.16. The third-order valence-electron chi connectivity index (χ3n) is 5.13. The number of aromatic amines is 1. The van der Waals surface area contributed by atoms with E-state index in [2.05, 4.69) is 29.1 Å². The van der Waals surface area contributed by atoms with Gasteiger partial charge in [0.2, 0.25) is 5.91 Å². The van der Waals surface area contributed by atoms with Gasteiger partial charge in [0.25, 0.3) is 5.56 Å². The summed E-state index contributed by atoms with van der Waals surface area (Å²) in [6.07, 6.45) is 1.25. The fourth-order valence-corrected chi connectivity index (χ4v) is 3.56. The van der Waals surface area contributed by atoms with Gasteiger partial charge in [-0.3, -0.25) is 9.59 Å². The van der Waals surface area contributed by atoms with Crippen molar-refractivity contribution in [3.63, 3.8) is 0 Å². The van der Waals surface area contributed by atoms with Crippen LogP contribution >= 0.6 is 0 Å². The summed E-state index contributed by atoms with van der Waals surface area (Å²) in [4.78, 5) is 31.0. The van der Waals surface area contributed by atoms with Crippen LogP contribution in [-0.4, -0.2) is 22.4 Å². The van der Waals surface area contributed by atoms with Crippen molar-refractivity contribution in [3.05, 3.63) is 57.6 Å². The molecule has 6 heteroatoms. The topological polar surface area (TPSA) is 101 Å².